The Balaban J connectivity index is 0.000000396. The van der Waals surface area contributed by atoms with Crippen molar-refractivity contribution in [2.45, 2.75) is 40.5 Å². The van der Waals surface area contributed by atoms with E-state index >= 15 is 0 Å². The number of hydrogen-bond donors (Lipinski definition) is 0. The fourth-order valence-corrected chi connectivity index (χ4v) is 3.77. The Morgan fingerprint density at radius 3 is 1.25 bits per heavy atom. The average Bonchev–Trinajstić information content (AvgIpc) is 3.20. The van der Waals surface area contributed by atoms with Gasteiger partial charge < -0.3 is 0 Å². The van der Waals surface area contributed by atoms with Crippen molar-refractivity contribution >= 4 is 0 Å². The third-order valence-corrected chi connectivity index (χ3v) is 4.71. The summed E-state index contributed by atoms with van der Waals surface area (Å²) in [7, 11) is 0. The second kappa shape index (κ2) is 7.05. The van der Waals surface area contributed by atoms with Gasteiger partial charge in [0, 0.05) is 0 Å². The van der Waals surface area contributed by atoms with Crippen LogP contribution >= 0.6 is 0 Å². The molecule has 0 fully saturated rings. The first-order chi connectivity index (χ1) is 11.9. The van der Waals surface area contributed by atoms with Gasteiger partial charge in [0.05, 0.1) is 0 Å². The van der Waals surface area contributed by atoms with Crippen LogP contribution in [-0.2, 0) is 12.8 Å². The summed E-state index contributed by atoms with van der Waals surface area (Å²) in [4.78, 5) is 0. The SMILES string of the molecule is CC.CC.c1ccc2c(c1)Cc1cc3c(cc1-2)Cc1ccccc1-3. The quantitative estimate of drug-likeness (QED) is 0.292. The normalized spacial score (nSPS) is 11.8. The number of hydrogen-bond acceptors (Lipinski definition) is 0. The summed E-state index contributed by atoms with van der Waals surface area (Å²) in [6.45, 7) is 8.00. The molecule has 0 heteroatoms. The maximum Gasteiger partial charge on any atom is -0.00132 e. The first-order valence-electron chi connectivity index (χ1n) is 9.22. The molecule has 0 spiro atoms. The van der Waals surface area contributed by atoms with Gasteiger partial charge in [-0.1, -0.05) is 76.2 Å². The molecule has 0 unspecified atom stereocenters. The minimum Gasteiger partial charge on any atom is -0.0683 e. The molecule has 3 aromatic carbocycles. The second-order valence-corrected chi connectivity index (χ2v) is 5.83. The Bertz CT molecular complexity index is 782. The van der Waals surface area contributed by atoms with Crippen molar-refractivity contribution in [3.8, 4) is 22.3 Å². The van der Waals surface area contributed by atoms with Gasteiger partial charge in [-0.25, -0.2) is 0 Å². The van der Waals surface area contributed by atoms with Crippen molar-refractivity contribution in [2.24, 2.45) is 0 Å². The van der Waals surface area contributed by atoms with Crippen LogP contribution in [0.4, 0.5) is 0 Å². The Morgan fingerprint density at radius 2 is 0.833 bits per heavy atom. The zero-order valence-corrected chi connectivity index (χ0v) is 15.2. The van der Waals surface area contributed by atoms with E-state index in [0.717, 1.165) is 12.8 Å². The lowest BCUT2D eigenvalue weighted by molar-refractivity contribution is 1.24. The van der Waals surface area contributed by atoms with Crippen LogP contribution in [0.25, 0.3) is 22.3 Å². The molecule has 0 saturated heterocycles. The van der Waals surface area contributed by atoms with Crippen LogP contribution in [0.2, 0.25) is 0 Å². The summed E-state index contributed by atoms with van der Waals surface area (Å²) in [5.74, 6) is 0. The van der Waals surface area contributed by atoms with Crippen LogP contribution in [0.3, 0.4) is 0 Å². The zero-order chi connectivity index (χ0) is 17.1. The van der Waals surface area contributed by atoms with E-state index in [2.05, 4.69) is 60.7 Å². The highest BCUT2D eigenvalue weighted by Crippen LogP contribution is 2.44. The Hall–Kier alpha value is -2.34. The Kier molecular flexibility index (Phi) is 4.85. The highest BCUT2D eigenvalue weighted by molar-refractivity contribution is 5.85. The van der Waals surface area contributed by atoms with Crippen LogP contribution in [-0.4, -0.2) is 0 Å². The van der Waals surface area contributed by atoms with Crippen LogP contribution in [0.5, 0.6) is 0 Å². The molecule has 0 aromatic heterocycles. The highest BCUT2D eigenvalue weighted by atomic mass is 14.3. The van der Waals surface area contributed by atoms with Gasteiger partial charge in [0.15, 0.2) is 0 Å². The summed E-state index contributed by atoms with van der Waals surface area (Å²) in [6, 6.07) is 22.5. The van der Waals surface area contributed by atoms with Gasteiger partial charge in [-0.2, -0.15) is 0 Å². The average molecular weight is 314 g/mol. The van der Waals surface area contributed by atoms with Gasteiger partial charge in [0.25, 0.3) is 0 Å². The van der Waals surface area contributed by atoms with Crippen LogP contribution in [0.15, 0.2) is 60.7 Å². The van der Waals surface area contributed by atoms with E-state index in [4.69, 9.17) is 0 Å². The molecule has 0 aliphatic heterocycles. The standard InChI is InChI=1S/C20H14.2C2H6/c1-3-7-17-13(5-1)9-15-11-20-16(12-19(15)17)10-14-6-2-4-8-18(14)20;2*1-2/h1-8,11-12H,9-10H2;2*1-2H3. The topological polar surface area (TPSA) is 0 Å². The van der Waals surface area contributed by atoms with Crippen molar-refractivity contribution in [3.05, 3.63) is 82.9 Å². The summed E-state index contributed by atoms with van der Waals surface area (Å²) >= 11 is 0. The van der Waals surface area contributed by atoms with Gasteiger partial charge in [-0.05, 0) is 69.5 Å². The molecule has 2 aliphatic rings. The van der Waals surface area contributed by atoms with E-state index < -0.39 is 0 Å². The molecule has 0 bridgehead atoms. The van der Waals surface area contributed by atoms with Crippen molar-refractivity contribution in [3.63, 3.8) is 0 Å². The van der Waals surface area contributed by atoms with E-state index in [1.54, 1.807) is 0 Å². The third kappa shape index (κ3) is 2.57. The van der Waals surface area contributed by atoms with Crippen molar-refractivity contribution in [1.82, 2.24) is 0 Å². The van der Waals surface area contributed by atoms with Gasteiger partial charge in [0.1, 0.15) is 0 Å². The molecule has 3 aromatic rings. The van der Waals surface area contributed by atoms with Crippen molar-refractivity contribution in [2.75, 3.05) is 0 Å². The Labute approximate surface area is 146 Å². The van der Waals surface area contributed by atoms with E-state index in [1.165, 1.54) is 44.5 Å². The molecule has 0 saturated carbocycles. The predicted octanol–water partition coefficient (Wildman–Crippen LogP) is 6.88. The maximum atomic E-state index is 2.43. The molecule has 2 aliphatic carbocycles. The van der Waals surface area contributed by atoms with Gasteiger partial charge in [-0.3, -0.25) is 0 Å². The first-order valence-corrected chi connectivity index (χ1v) is 9.22. The molecule has 0 nitrogen and oxygen atoms in total. The highest BCUT2D eigenvalue weighted by Gasteiger charge is 2.24. The lowest BCUT2D eigenvalue weighted by Gasteiger charge is -2.06. The van der Waals surface area contributed by atoms with E-state index in [-0.39, 0.29) is 0 Å². The van der Waals surface area contributed by atoms with E-state index in [9.17, 15) is 0 Å². The lowest BCUT2D eigenvalue weighted by Crippen LogP contribution is -1.85. The van der Waals surface area contributed by atoms with Crippen molar-refractivity contribution in [1.29, 1.82) is 0 Å². The molecule has 0 amide bonds. The molecular weight excluding hydrogens is 288 g/mol. The summed E-state index contributed by atoms with van der Waals surface area (Å²) in [5, 5.41) is 0. The fraction of sp³-hybridized carbons (Fsp3) is 0.250. The molecule has 0 N–H and O–H groups in total. The molecule has 0 heterocycles. The molecule has 5 rings (SSSR count). The predicted molar refractivity (Wildman–Crippen MR) is 106 cm³/mol. The fourth-order valence-electron chi connectivity index (χ4n) is 3.77. The smallest absolute Gasteiger partial charge is 0.00132 e. The molecule has 0 radical (unpaired) electrons. The summed E-state index contributed by atoms with van der Waals surface area (Å²) in [5.41, 5.74) is 11.7. The van der Waals surface area contributed by atoms with Crippen LogP contribution < -0.4 is 0 Å². The molecule has 24 heavy (non-hydrogen) atoms. The summed E-state index contributed by atoms with van der Waals surface area (Å²) in [6.07, 6.45) is 2.17. The van der Waals surface area contributed by atoms with Gasteiger partial charge in [-0.15, -0.1) is 0 Å². The monoisotopic (exact) mass is 314 g/mol. The van der Waals surface area contributed by atoms with Crippen LogP contribution in [0.1, 0.15) is 49.9 Å². The number of rotatable bonds is 0. The Morgan fingerprint density at radius 1 is 0.458 bits per heavy atom. The van der Waals surface area contributed by atoms with Crippen molar-refractivity contribution < 1.29 is 0 Å². The minimum absolute atomic E-state index is 1.08. The van der Waals surface area contributed by atoms with Crippen LogP contribution in [0, 0.1) is 0 Å². The second-order valence-electron chi connectivity index (χ2n) is 5.83. The molecule has 122 valence electrons. The lowest BCUT2D eigenvalue weighted by atomic mass is 9.98. The maximum absolute atomic E-state index is 2.43. The number of fused-ring (bicyclic) bond motifs is 6. The largest absolute Gasteiger partial charge is 0.0683 e. The molecule has 0 atom stereocenters. The van der Waals surface area contributed by atoms with Gasteiger partial charge in [0.2, 0.25) is 0 Å². The van der Waals surface area contributed by atoms with Gasteiger partial charge >= 0.3 is 0 Å². The third-order valence-electron chi connectivity index (χ3n) is 4.71. The zero-order valence-electron chi connectivity index (χ0n) is 15.2. The first kappa shape index (κ1) is 16.5. The van der Waals surface area contributed by atoms with E-state index in [1.807, 2.05) is 27.7 Å². The number of benzene rings is 3. The molecular formula is C24H26. The summed E-state index contributed by atoms with van der Waals surface area (Å²) < 4.78 is 0. The minimum atomic E-state index is 1.08. The van der Waals surface area contributed by atoms with E-state index in [0.29, 0.717) is 0 Å².